The first-order chi connectivity index (χ1) is 7.28. The third-order valence-electron chi connectivity index (χ3n) is 3.35. The summed E-state index contributed by atoms with van der Waals surface area (Å²) in [4.78, 5) is 11.6. The van der Waals surface area contributed by atoms with E-state index in [2.05, 4.69) is 0 Å². The van der Waals surface area contributed by atoms with E-state index in [9.17, 15) is 4.79 Å². The smallest absolute Gasteiger partial charge is 0.338 e. The standard InChI is InChI=1S/C11H18O4/c1-13-10(12)9-11(15-8-7-14-9)5-3-2-4-6-11/h9H,2-8H2,1H3. The zero-order valence-electron chi connectivity index (χ0n) is 9.16. The van der Waals surface area contributed by atoms with Crippen molar-refractivity contribution in [2.45, 2.75) is 43.8 Å². The van der Waals surface area contributed by atoms with Crippen LogP contribution in [-0.2, 0) is 19.0 Å². The molecule has 1 spiro atoms. The molecule has 1 saturated heterocycles. The summed E-state index contributed by atoms with van der Waals surface area (Å²) in [5.74, 6) is -0.295. The van der Waals surface area contributed by atoms with E-state index in [4.69, 9.17) is 14.2 Å². The maximum Gasteiger partial charge on any atom is 0.338 e. The lowest BCUT2D eigenvalue weighted by Gasteiger charge is -2.44. The fourth-order valence-corrected chi connectivity index (χ4v) is 2.59. The van der Waals surface area contributed by atoms with E-state index in [-0.39, 0.29) is 5.97 Å². The number of esters is 1. The molecule has 0 aromatic carbocycles. The highest BCUT2D eigenvalue weighted by Crippen LogP contribution is 2.38. The third-order valence-corrected chi connectivity index (χ3v) is 3.35. The Morgan fingerprint density at radius 2 is 2.00 bits per heavy atom. The molecule has 1 saturated carbocycles. The van der Waals surface area contributed by atoms with Crippen molar-refractivity contribution < 1.29 is 19.0 Å². The van der Waals surface area contributed by atoms with Crippen molar-refractivity contribution >= 4 is 5.97 Å². The minimum atomic E-state index is -0.517. The van der Waals surface area contributed by atoms with Gasteiger partial charge in [-0.1, -0.05) is 19.3 Å². The SMILES string of the molecule is COC(=O)C1OCCOC12CCCCC2. The molecule has 1 atom stereocenters. The molecule has 15 heavy (non-hydrogen) atoms. The van der Waals surface area contributed by atoms with Crippen molar-refractivity contribution in [3.8, 4) is 0 Å². The summed E-state index contributed by atoms with van der Waals surface area (Å²) in [7, 11) is 1.40. The van der Waals surface area contributed by atoms with Gasteiger partial charge in [0.2, 0.25) is 0 Å². The largest absolute Gasteiger partial charge is 0.467 e. The molecule has 4 heteroatoms. The van der Waals surface area contributed by atoms with Gasteiger partial charge in [-0.2, -0.15) is 0 Å². The average Bonchev–Trinajstić information content (AvgIpc) is 2.30. The van der Waals surface area contributed by atoms with Gasteiger partial charge in [-0.25, -0.2) is 4.79 Å². The second-order valence-electron chi connectivity index (χ2n) is 4.25. The molecule has 2 aliphatic rings. The maximum atomic E-state index is 11.6. The molecule has 1 unspecified atom stereocenters. The van der Waals surface area contributed by atoms with Crippen LogP contribution in [-0.4, -0.2) is 38.0 Å². The Morgan fingerprint density at radius 1 is 1.27 bits per heavy atom. The van der Waals surface area contributed by atoms with Crippen LogP contribution in [0.4, 0.5) is 0 Å². The molecule has 0 N–H and O–H groups in total. The first kappa shape index (κ1) is 10.9. The number of carbonyl (C=O) groups excluding carboxylic acids is 1. The Balaban J connectivity index is 2.13. The molecular formula is C11H18O4. The molecule has 0 aromatic heterocycles. The van der Waals surface area contributed by atoms with Gasteiger partial charge in [0.15, 0.2) is 6.10 Å². The Labute approximate surface area is 89.9 Å². The first-order valence-electron chi connectivity index (χ1n) is 5.62. The van der Waals surface area contributed by atoms with E-state index in [1.807, 2.05) is 0 Å². The van der Waals surface area contributed by atoms with Gasteiger partial charge in [0.1, 0.15) is 5.60 Å². The molecule has 0 aromatic rings. The zero-order chi connectivity index (χ0) is 10.7. The van der Waals surface area contributed by atoms with Gasteiger partial charge in [0.05, 0.1) is 20.3 Å². The summed E-state index contributed by atoms with van der Waals surface area (Å²) < 4.78 is 16.1. The van der Waals surface area contributed by atoms with Gasteiger partial charge < -0.3 is 14.2 Å². The predicted molar refractivity (Wildman–Crippen MR) is 53.5 cm³/mol. The van der Waals surface area contributed by atoms with E-state index < -0.39 is 11.7 Å². The average molecular weight is 214 g/mol. The van der Waals surface area contributed by atoms with Crippen LogP contribution in [0.15, 0.2) is 0 Å². The fraction of sp³-hybridized carbons (Fsp3) is 0.909. The molecule has 1 aliphatic carbocycles. The van der Waals surface area contributed by atoms with E-state index in [1.165, 1.54) is 13.5 Å². The lowest BCUT2D eigenvalue weighted by molar-refractivity contribution is -0.225. The molecule has 0 bridgehead atoms. The molecule has 1 heterocycles. The number of carbonyl (C=O) groups is 1. The Morgan fingerprint density at radius 3 is 2.67 bits per heavy atom. The quantitative estimate of drug-likeness (QED) is 0.617. The van der Waals surface area contributed by atoms with Crippen LogP contribution >= 0.6 is 0 Å². The molecule has 1 aliphatic heterocycles. The van der Waals surface area contributed by atoms with Gasteiger partial charge >= 0.3 is 5.97 Å². The van der Waals surface area contributed by atoms with Crippen LogP contribution in [0.2, 0.25) is 0 Å². The van der Waals surface area contributed by atoms with E-state index in [0.29, 0.717) is 13.2 Å². The molecule has 86 valence electrons. The number of hydrogen-bond donors (Lipinski definition) is 0. The van der Waals surface area contributed by atoms with Crippen LogP contribution in [0.25, 0.3) is 0 Å². The second-order valence-corrected chi connectivity index (χ2v) is 4.25. The van der Waals surface area contributed by atoms with Crippen molar-refractivity contribution in [2.75, 3.05) is 20.3 Å². The van der Waals surface area contributed by atoms with Crippen molar-refractivity contribution in [1.29, 1.82) is 0 Å². The summed E-state index contributed by atoms with van der Waals surface area (Å²) in [5, 5.41) is 0. The second kappa shape index (κ2) is 4.49. The predicted octanol–water partition coefficient (Wildman–Crippen LogP) is 1.28. The van der Waals surface area contributed by atoms with E-state index in [0.717, 1.165) is 25.7 Å². The number of methoxy groups -OCH3 is 1. The topological polar surface area (TPSA) is 44.8 Å². The summed E-state index contributed by atoms with van der Waals surface area (Å²) in [5.41, 5.74) is -0.399. The summed E-state index contributed by atoms with van der Waals surface area (Å²) >= 11 is 0. The molecular weight excluding hydrogens is 196 g/mol. The van der Waals surface area contributed by atoms with Gasteiger partial charge in [0, 0.05) is 0 Å². The summed E-state index contributed by atoms with van der Waals surface area (Å²) in [6, 6.07) is 0. The van der Waals surface area contributed by atoms with Crippen LogP contribution in [0.5, 0.6) is 0 Å². The number of hydrogen-bond acceptors (Lipinski definition) is 4. The van der Waals surface area contributed by atoms with Gasteiger partial charge in [-0.15, -0.1) is 0 Å². The highest BCUT2D eigenvalue weighted by atomic mass is 16.6. The normalized spacial score (nSPS) is 30.1. The summed E-state index contributed by atoms with van der Waals surface area (Å²) in [6.07, 6.45) is 4.74. The van der Waals surface area contributed by atoms with Crippen molar-refractivity contribution in [3.63, 3.8) is 0 Å². The highest BCUT2D eigenvalue weighted by molar-refractivity contribution is 5.76. The number of ether oxygens (including phenoxy) is 3. The van der Waals surface area contributed by atoms with Gasteiger partial charge in [-0.3, -0.25) is 0 Å². The van der Waals surface area contributed by atoms with E-state index >= 15 is 0 Å². The highest BCUT2D eigenvalue weighted by Gasteiger charge is 2.48. The zero-order valence-corrected chi connectivity index (χ0v) is 9.16. The Bertz CT molecular complexity index is 224. The lowest BCUT2D eigenvalue weighted by atomic mass is 9.80. The van der Waals surface area contributed by atoms with Crippen LogP contribution in [0.1, 0.15) is 32.1 Å². The number of rotatable bonds is 1. The Hall–Kier alpha value is -0.610. The van der Waals surface area contributed by atoms with Crippen LogP contribution in [0, 0.1) is 0 Å². The van der Waals surface area contributed by atoms with Crippen molar-refractivity contribution in [3.05, 3.63) is 0 Å². The van der Waals surface area contributed by atoms with Crippen molar-refractivity contribution in [1.82, 2.24) is 0 Å². The molecule has 0 radical (unpaired) electrons. The van der Waals surface area contributed by atoms with Crippen molar-refractivity contribution in [2.24, 2.45) is 0 Å². The van der Waals surface area contributed by atoms with Crippen LogP contribution < -0.4 is 0 Å². The maximum absolute atomic E-state index is 11.6. The minimum Gasteiger partial charge on any atom is -0.467 e. The molecule has 2 rings (SSSR count). The van der Waals surface area contributed by atoms with Crippen LogP contribution in [0.3, 0.4) is 0 Å². The minimum absolute atomic E-state index is 0.295. The Kier molecular flexibility index (Phi) is 3.26. The van der Waals surface area contributed by atoms with Gasteiger partial charge in [0.25, 0.3) is 0 Å². The monoisotopic (exact) mass is 214 g/mol. The molecule has 0 amide bonds. The first-order valence-corrected chi connectivity index (χ1v) is 5.62. The summed E-state index contributed by atoms with van der Waals surface area (Å²) in [6.45, 7) is 1.08. The lowest BCUT2D eigenvalue weighted by Crippen LogP contribution is -2.56. The molecule has 4 nitrogen and oxygen atoms in total. The fourth-order valence-electron chi connectivity index (χ4n) is 2.59. The third kappa shape index (κ3) is 2.01. The molecule has 2 fully saturated rings. The van der Waals surface area contributed by atoms with Gasteiger partial charge in [-0.05, 0) is 12.8 Å². The van der Waals surface area contributed by atoms with E-state index in [1.54, 1.807) is 0 Å².